The van der Waals surface area contributed by atoms with Gasteiger partial charge < -0.3 is 4.43 Å². The molecule has 1 atom stereocenters. The minimum absolute atomic E-state index is 0.0397. The van der Waals surface area contributed by atoms with Crippen LogP contribution in [0.25, 0.3) is 10.8 Å². The molecular weight excluding hydrogens is 367 g/mol. The second-order valence-corrected chi connectivity index (χ2v) is 14.5. The molecule has 1 unspecified atom stereocenters. The number of alkyl halides is 3. The number of hydrogen-bond acceptors (Lipinski definition) is 1. The fourth-order valence-corrected chi connectivity index (χ4v) is 4.16. The summed E-state index contributed by atoms with van der Waals surface area (Å²) in [6.07, 6.45) is -0.585. The highest BCUT2D eigenvalue weighted by Gasteiger charge is 2.45. The Hall–Kier alpha value is -0.253. The molecular formula is C18H23Cl3OSi. The fourth-order valence-electron chi connectivity index (χ4n) is 2.17. The van der Waals surface area contributed by atoms with Crippen molar-refractivity contribution in [3.63, 3.8) is 0 Å². The van der Waals surface area contributed by atoms with Crippen molar-refractivity contribution in [1.82, 2.24) is 0 Å². The summed E-state index contributed by atoms with van der Waals surface area (Å²) in [5.41, 5.74) is 0.897. The molecule has 1 nitrogen and oxygen atoms in total. The van der Waals surface area contributed by atoms with Crippen molar-refractivity contribution >= 4 is 53.9 Å². The summed E-state index contributed by atoms with van der Waals surface area (Å²) >= 11 is 18.8. The number of halogens is 3. The monoisotopic (exact) mass is 388 g/mol. The van der Waals surface area contributed by atoms with Crippen LogP contribution in [0.4, 0.5) is 0 Å². The summed E-state index contributed by atoms with van der Waals surface area (Å²) in [6, 6.07) is 14.2. The molecule has 0 heterocycles. The van der Waals surface area contributed by atoms with Crippen LogP contribution in [0.2, 0.25) is 18.1 Å². The molecule has 0 fully saturated rings. The molecule has 0 aliphatic heterocycles. The zero-order valence-electron chi connectivity index (χ0n) is 14.2. The van der Waals surface area contributed by atoms with Crippen molar-refractivity contribution < 1.29 is 4.43 Å². The van der Waals surface area contributed by atoms with Gasteiger partial charge in [0.25, 0.3) is 0 Å². The summed E-state index contributed by atoms with van der Waals surface area (Å²) in [7, 11) is -2.08. The minimum atomic E-state index is -2.08. The first-order valence-corrected chi connectivity index (χ1v) is 11.7. The van der Waals surface area contributed by atoms with Crippen molar-refractivity contribution in [2.75, 3.05) is 0 Å². The number of fused-ring (bicyclic) bond motifs is 1. The maximum absolute atomic E-state index is 6.44. The lowest BCUT2D eigenvalue weighted by molar-refractivity contribution is 0.187. The maximum atomic E-state index is 6.44. The molecule has 5 heteroatoms. The molecule has 0 spiro atoms. The van der Waals surface area contributed by atoms with Crippen LogP contribution in [0, 0.1) is 0 Å². The van der Waals surface area contributed by atoms with Gasteiger partial charge in [-0.25, -0.2) is 0 Å². The van der Waals surface area contributed by atoms with Crippen LogP contribution in [-0.2, 0) is 4.43 Å². The first-order chi connectivity index (χ1) is 10.4. The maximum Gasteiger partial charge on any atom is 0.219 e. The van der Waals surface area contributed by atoms with E-state index in [9.17, 15) is 0 Å². The molecule has 0 saturated heterocycles. The van der Waals surface area contributed by atoms with Crippen LogP contribution < -0.4 is 0 Å². The molecule has 0 aromatic heterocycles. The highest BCUT2D eigenvalue weighted by atomic mass is 35.6. The molecule has 2 aromatic rings. The SMILES string of the molecule is CC(C)(C)[Si](C)(C)OC(c1ccc2ccccc2c1)C(Cl)(Cl)Cl. The predicted molar refractivity (Wildman–Crippen MR) is 105 cm³/mol. The molecule has 2 aromatic carbocycles. The fraction of sp³-hybridized carbons (Fsp3) is 0.444. The first-order valence-electron chi connectivity index (χ1n) is 7.65. The predicted octanol–water partition coefficient (Wildman–Crippen LogP) is 7.27. The van der Waals surface area contributed by atoms with Crippen LogP contribution in [-0.4, -0.2) is 12.1 Å². The smallest absolute Gasteiger partial charge is 0.219 e. The van der Waals surface area contributed by atoms with Crippen molar-refractivity contribution in [2.24, 2.45) is 0 Å². The van der Waals surface area contributed by atoms with Crippen LogP contribution in [0.1, 0.15) is 32.4 Å². The third-order valence-corrected chi connectivity index (χ3v) is 9.62. The second kappa shape index (κ2) is 6.57. The average Bonchev–Trinajstić information content (AvgIpc) is 2.42. The Balaban J connectivity index is 2.46. The van der Waals surface area contributed by atoms with Crippen LogP contribution in [0.5, 0.6) is 0 Å². The van der Waals surface area contributed by atoms with E-state index in [4.69, 9.17) is 39.2 Å². The van der Waals surface area contributed by atoms with Gasteiger partial charge in [-0.05, 0) is 40.5 Å². The molecule has 0 amide bonds. The van der Waals surface area contributed by atoms with E-state index < -0.39 is 18.2 Å². The van der Waals surface area contributed by atoms with Gasteiger partial charge in [-0.1, -0.05) is 92.0 Å². The van der Waals surface area contributed by atoms with E-state index in [0.717, 1.165) is 16.3 Å². The zero-order valence-corrected chi connectivity index (χ0v) is 17.4. The summed E-state index contributed by atoms with van der Waals surface area (Å²) in [5.74, 6) is 0. The van der Waals surface area contributed by atoms with Crippen LogP contribution in [0.3, 0.4) is 0 Å². The summed E-state index contributed by atoms with van der Waals surface area (Å²) in [5, 5.41) is 2.31. The topological polar surface area (TPSA) is 9.23 Å². The van der Waals surface area contributed by atoms with E-state index in [-0.39, 0.29) is 5.04 Å². The van der Waals surface area contributed by atoms with Gasteiger partial charge in [0.05, 0.1) is 0 Å². The van der Waals surface area contributed by atoms with Gasteiger partial charge in [0, 0.05) is 0 Å². The Morgan fingerprint density at radius 3 is 2.00 bits per heavy atom. The van der Waals surface area contributed by atoms with E-state index in [1.807, 2.05) is 24.3 Å². The van der Waals surface area contributed by atoms with Gasteiger partial charge in [0.1, 0.15) is 6.10 Å². The molecule has 23 heavy (non-hydrogen) atoms. The zero-order chi connectivity index (χ0) is 17.5. The van der Waals surface area contributed by atoms with Gasteiger partial charge in [-0.2, -0.15) is 0 Å². The number of benzene rings is 2. The van der Waals surface area contributed by atoms with Crippen LogP contribution in [0.15, 0.2) is 42.5 Å². The van der Waals surface area contributed by atoms with E-state index in [0.29, 0.717) is 0 Å². The standard InChI is InChI=1S/C18H23Cl3OSi/c1-17(2,3)23(4,5)22-16(18(19,20)21)15-11-10-13-8-6-7-9-14(13)12-15/h6-12,16H,1-5H3. The van der Waals surface area contributed by atoms with Gasteiger partial charge in [-0.15, -0.1) is 0 Å². The Labute approximate surface area is 155 Å². The largest absolute Gasteiger partial charge is 0.406 e. The molecule has 0 N–H and O–H groups in total. The lowest BCUT2D eigenvalue weighted by atomic mass is 10.0. The molecule has 0 radical (unpaired) electrons. The van der Waals surface area contributed by atoms with Gasteiger partial charge in [-0.3, -0.25) is 0 Å². The quantitative estimate of drug-likeness (QED) is 0.396. The lowest BCUT2D eigenvalue weighted by Crippen LogP contribution is -2.44. The van der Waals surface area contributed by atoms with E-state index in [1.165, 1.54) is 0 Å². The molecule has 126 valence electrons. The lowest BCUT2D eigenvalue weighted by Gasteiger charge is -2.41. The van der Waals surface area contributed by atoms with Crippen molar-refractivity contribution in [3.05, 3.63) is 48.0 Å². The second-order valence-electron chi connectivity index (χ2n) is 7.41. The van der Waals surface area contributed by atoms with Crippen molar-refractivity contribution in [1.29, 1.82) is 0 Å². The molecule has 0 aliphatic rings. The van der Waals surface area contributed by atoms with Gasteiger partial charge >= 0.3 is 0 Å². The highest BCUT2D eigenvalue weighted by Crippen LogP contribution is 2.48. The Morgan fingerprint density at radius 1 is 0.913 bits per heavy atom. The third-order valence-electron chi connectivity index (χ3n) is 4.59. The Morgan fingerprint density at radius 2 is 1.48 bits per heavy atom. The Bertz CT molecular complexity index is 686. The van der Waals surface area contributed by atoms with Crippen LogP contribution >= 0.6 is 34.8 Å². The van der Waals surface area contributed by atoms with Gasteiger partial charge in [0.2, 0.25) is 3.79 Å². The minimum Gasteiger partial charge on any atom is -0.406 e. The summed E-state index contributed by atoms with van der Waals surface area (Å²) < 4.78 is 4.93. The molecule has 0 saturated carbocycles. The van der Waals surface area contributed by atoms with E-state index in [2.05, 4.69) is 52.1 Å². The highest BCUT2D eigenvalue weighted by molar-refractivity contribution is 6.74. The third kappa shape index (κ3) is 4.43. The number of rotatable bonds is 3. The average molecular weight is 390 g/mol. The molecule has 2 rings (SSSR count). The summed E-state index contributed by atoms with van der Waals surface area (Å²) in [4.78, 5) is 0. The normalized spacial score (nSPS) is 15.0. The van der Waals surface area contributed by atoms with E-state index >= 15 is 0 Å². The van der Waals surface area contributed by atoms with Gasteiger partial charge in [0.15, 0.2) is 8.32 Å². The number of hydrogen-bond donors (Lipinski definition) is 0. The Kier molecular flexibility index (Phi) is 5.45. The molecule has 0 bridgehead atoms. The molecule has 0 aliphatic carbocycles. The van der Waals surface area contributed by atoms with Crippen molar-refractivity contribution in [3.8, 4) is 0 Å². The summed E-state index contributed by atoms with van der Waals surface area (Å²) in [6.45, 7) is 10.9. The van der Waals surface area contributed by atoms with Crippen molar-refractivity contribution in [2.45, 2.75) is 48.8 Å². The first kappa shape index (κ1) is 19.1. The van der Waals surface area contributed by atoms with E-state index in [1.54, 1.807) is 0 Å².